The summed E-state index contributed by atoms with van der Waals surface area (Å²) in [6.07, 6.45) is 0.978. The van der Waals surface area contributed by atoms with E-state index in [4.69, 9.17) is 4.74 Å². The SMILES string of the molecule is CCOc1ccccc1-c1nc(CC(=O)NNC(=O)c2ccc(CC)cc2)cs1. The van der Waals surface area contributed by atoms with Crippen LogP contribution in [0.4, 0.5) is 0 Å². The molecule has 3 aromatic rings. The van der Waals surface area contributed by atoms with E-state index in [1.165, 1.54) is 11.3 Å². The van der Waals surface area contributed by atoms with Gasteiger partial charge in [0.15, 0.2) is 0 Å². The Balaban J connectivity index is 1.57. The third kappa shape index (κ3) is 5.42. The Morgan fingerprint density at radius 2 is 1.79 bits per heavy atom. The molecular formula is C22H23N3O3S. The molecule has 0 radical (unpaired) electrons. The van der Waals surface area contributed by atoms with E-state index < -0.39 is 0 Å². The third-order valence-corrected chi connectivity index (χ3v) is 5.17. The summed E-state index contributed by atoms with van der Waals surface area (Å²) in [5.74, 6) is 0.0748. The Morgan fingerprint density at radius 3 is 2.52 bits per heavy atom. The van der Waals surface area contributed by atoms with Crippen molar-refractivity contribution < 1.29 is 14.3 Å². The first-order chi connectivity index (χ1) is 14.1. The number of aromatic nitrogens is 1. The lowest BCUT2D eigenvalue weighted by molar-refractivity contribution is -0.121. The lowest BCUT2D eigenvalue weighted by atomic mass is 10.1. The van der Waals surface area contributed by atoms with E-state index in [1.807, 2.05) is 48.7 Å². The number of ether oxygens (including phenoxy) is 1. The summed E-state index contributed by atoms with van der Waals surface area (Å²) in [6, 6.07) is 14.9. The number of hydrazine groups is 1. The van der Waals surface area contributed by atoms with E-state index >= 15 is 0 Å². The molecule has 0 spiro atoms. The summed E-state index contributed by atoms with van der Waals surface area (Å²) < 4.78 is 5.64. The lowest BCUT2D eigenvalue weighted by Crippen LogP contribution is -2.42. The molecule has 150 valence electrons. The Morgan fingerprint density at radius 1 is 1.03 bits per heavy atom. The van der Waals surface area contributed by atoms with Crippen molar-refractivity contribution in [3.05, 3.63) is 70.7 Å². The normalized spacial score (nSPS) is 10.4. The zero-order valence-corrected chi connectivity index (χ0v) is 17.2. The fraction of sp³-hybridized carbons (Fsp3) is 0.227. The maximum Gasteiger partial charge on any atom is 0.269 e. The van der Waals surface area contributed by atoms with Crippen LogP contribution in [0.5, 0.6) is 5.75 Å². The van der Waals surface area contributed by atoms with E-state index in [0.29, 0.717) is 17.9 Å². The first-order valence-corrected chi connectivity index (χ1v) is 10.3. The van der Waals surface area contributed by atoms with Crippen molar-refractivity contribution in [3.63, 3.8) is 0 Å². The number of nitrogens with zero attached hydrogens (tertiary/aromatic N) is 1. The zero-order valence-electron chi connectivity index (χ0n) is 16.4. The van der Waals surface area contributed by atoms with E-state index in [2.05, 4.69) is 22.8 Å². The predicted octanol–water partition coefficient (Wildman–Crippen LogP) is 3.77. The van der Waals surface area contributed by atoms with Gasteiger partial charge in [0.1, 0.15) is 10.8 Å². The predicted molar refractivity (Wildman–Crippen MR) is 114 cm³/mol. The number of hydrogen-bond donors (Lipinski definition) is 2. The molecule has 1 aromatic heterocycles. The van der Waals surface area contributed by atoms with Crippen molar-refractivity contribution >= 4 is 23.2 Å². The molecule has 1 heterocycles. The molecule has 0 fully saturated rings. The van der Waals surface area contributed by atoms with E-state index in [-0.39, 0.29) is 18.2 Å². The number of thiazole rings is 1. The molecule has 29 heavy (non-hydrogen) atoms. The molecule has 0 saturated heterocycles. The van der Waals surface area contributed by atoms with Gasteiger partial charge in [-0.1, -0.05) is 31.2 Å². The van der Waals surface area contributed by atoms with Crippen LogP contribution >= 0.6 is 11.3 Å². The minimum absolute atomic E-state index is 0.0718. The van der Waals surface area contributed by atoms with Crippen LogP contribution in [0.25, 0.3) is 10.6 Å². The van der Waals surface area contributed by atoms with Crippen molar-refractivity contribution in [2.24, 2.45) is 0 Å². The number of benzene rings is 2. The van der Waals surface area contributed by atoms with Gasteiger partial charge in [0.25, 0.3) is 5.91 Å². The van der Waals surface area contributed by atoms with E-state index in [1.54, 1.807) is 12.1 Å². The second kappa shape index (κ2) is 9.84. The standard InChI is InChI=1S/C22H23N3O3S/c1-3-15-9-11-16(12-10-15)21(27)25-24-20(26)13-17-14-29-22(23-17)18-7-5-6-8-19(18)28-4-2/h5-12,14H,3-4,13H2,1-2H3,(H,24,26)(H,25,27). The molecule has 2 N–H and O–H groups in total. The molecule has 0 aliphatic rings. The Labute approximate surface area is 173 Å². The van der Waals surface area contributed by atoms with Crippen LogP contribution in [0, 0.1) is 0 Å². The average Bonchev–Trinajstić information content (AvgIpc) is 3.21. The van der Waals surface area contributed by atoms with Crippen LogP contribution in [0.3, 0.4) is 0 Å². The van der Waals surface area contributed by atoms with Gasteiger partial charge < -0.3 is 4.74 Å². The largest absolute Gasteiger partial charge is 0.493 e. The van der Waals surface area contributed by atoms with Crippen molar-refractivity contribution in [3.8, 4) is 16.3 Å². The highest BCUT2D eigenvalue weighted by Crippen LogP contribution is 2.32. The quantitative estimate of drug-likeness (QED) is 0.582. The summed E-state index contributed by atoms with van der Waals surface area (Å²) in [4.78, 5) is 28.8. The van der Waals surface area contributed by atoms with Crippen molar-refractivity contribution in [1.29, 1.82) is 0 Å². The molecule has 0 saturated carbocycles. The Hall–Kier alpha value is -3.19. The topological polar surface area (TPSA) is 80.3 Å². The highest BCUT2D eigenvalue weighted by Gasteiger charge is 2.13. The molecule has 0 bridgehead atoms. The maximum absolute atomic E-state index is 12.2. The maximum atomic E-state index is 12.2. The van der Waals surface area contributed by atoms with Crippen LogP contribution in [-0.2, 0) is 17.6 Å². The zero-order chi connectivity index (χ0) is 20.6. The Bertz CT molecular complexity index is 983. The molecule has 7 heteroatoms. The molecule has 2 amide bonds. The molecule has 0 aliphatic heterocycles. The van der Waals surface area contributed by atoms with Gasteiger partial charge in [0, 0.05) is 10.9 Å². The van der Waals surface area contributed by atoms with Crippen molar-refractivity contribution in [1.82, 2.24) is 15.8 Å². The number of carbonyl (C=O) groups is 2. The molecule has 3 rings (SSSR count). The number of nitrogens with one attached hydrogen (secondary N) is 2. The van der Waals surface area contributed by atoms with Crippen LogP contribution in [-0.4, -0.2) is 23.4 Å². The Kier molecular flexibility index (Phi) is 6.97. The smallest absolute Gasteiger partial charge is 0.269 e. The monoisotopic (exact) mass is 409 g/mol. The number of amides is 2. The first kappa shape index (κ1) is 20.5. The molecule has 0 aliphatic carbocycles. The van der Waals surface area contributed by atoms with Crippen LogP contribution in [0.15, 0.2) is 53.9 Å². The number of aryl methyl sites for hydroxylation is 1. The van der Waals surface area contributed by atoms with Crippen LogP contribution in [0.1, 0.15) is 35.5 Å². The first-order valence-electron chi connectivity index (χ1n) is 9.45. The van der Waals surface area contributed by atoms with Gasteiger partial charge in [-0.25, -0.2) is 4.98 Å². The fourth-order valence-corrected chi connectivity index (χ4v) is 3.58. The second-order valence-electron chi connectivity index (χ2n) is 6.30. The third-order valence-electron chi connectivity index (χ3n) is 4.25. The van der Waals surface area contributed by atoms with Gasteiger partial charge in [-0.3, -0.25) is 20.4 Å². The van der Waals surface area contributed by atoms with E-state index in [9.17, 15) is 9.59 Å². The van der Waals surface area contributed by atoms with Crippen LogP contribution < -0.4 is 15.6 Å². The fourth-order valence-electron chi connectivity index (χ4n) is 2.74. The highest BCUT2D eigenvalue weighted by atomic mass is 32.1. The molecular weight excluding hydrogens is 386 g/mol. The number of carbonyl (C=O) groups excluding carboxylic acids is 2. The average molecular weight is 410 g/mol. The van der Waals surface area contributed by atoms with Gasteiger partial charge in [-0.05, 0) is 43.2 Å². The van der Waals surface area contributed by atoms with Gasteiger partial charge in [0.2, 0.25) is 5.91 Å². The molecule has 6 nitrogen and oxygen atoms in total. The summed E-state index contributed by atoms with van der Waals surface area (Å²) >= 11 is 1.45. The summed E-state index contributed by atoms with van der Waals surface area (Å²) in [5, 5.41) is 2.63. The van der Waals surface area contributed by atoms with Crippen LogP contribution in [0.2, 0.25) is 0 Å². The highest BCUT2D eigenvalue weighted by molar-refractivity contribution is 7.13. The second-order valence-corrected chi connectivity index (χ2v) is 7.16. The van der Waals surface area contributed by atoms with Crippen molar-refractivity contribution in [2.45, 2.75) is 26.7 Å². The molecule has 0 atom stereocenters. The number of para-hydroxylation sites is 1. The van der Waals surface area contributed by atoms with Gasteiger partial charge in [-0.15, -0.1) is 11.3 Å². The molecule has 0 unspecified atom stereocenters. The van der Waals surface area contributed by atoms with E-state index in [0.717, 1.165) is 28.3 Å². The summed E-state index contributed by atoms with van der Waals surface area (Å²) in [6.45, 7) is 4.55. The minimum atomic E-state index is -0.356. The summed E-state index contributed by atoms with van der Waals surface area (Å²) in [5.41, 5.74) is 8.05. The van der Waals surface area contributed by atoms with Crippen molar-refractivity contribution in [2.75, 3.05) is 6.61 Å². The van der Waals surface area contributed by atoms with Gasteiger partial charge >= 0.3 is 0 Å². The minimum Gasteiger partial charge on any atom is -0.493 e. The number of hydrogen-bond acceptors (Lipinski definition) is 5. The lowest BCUT2D eigenvalue weighted by Gasteiger charge is -2.08. The summed E-state index contributed by atoms with van der Waals surface area (Å²) in [7, 11) is 0. The van der Waals surface area contributed by atoms with Gasteiger partial charge in [-0.2, -0.15) is 0 Å². The number of rotatable bonds is 7. The molecule has 2 aromatic carbocycles. The van der Waals surface area contributed by atoms with Gasteiger partial charge in [0.05, 0.1) is 24.3 Å².